The summed E-state index contributed by atoms with van der Waals surface area (Å²) >= 11 is 0. The molecule has 0 aliphatic carbocycles. The van der Waals surface area contributed by atoms with Crippen LogP contribution in [0.15, 0.2) is 0 Å². The Morgan fingerprint density at radius 1 is 0.556 bits per heavy atom. The first kappa shape index (κ1) is 14.5. The zero-order valence-electron chi connectivity index (χ0n) is 11.3. The summed E-state index contributed by atoms with van der Waals surface area (Å²) in [6, 6.07) is 0. The number of amides is 3. The van der Waals surface area contributed by atoms with Crippen LogP contribution < -0.4 is 0 Å². The molecule has 1 heterocycles. The van der Waals surface area contributed by atoms with E-state index in [1.54, 1.807) is 14.7 Å². The van der Waals surface area contributed by atoms with Crippen molar-refractivity contribution >= 4 is 17.7 Å². The summed E-state index contributed by atoms with van der Waals surface area (Å²) in [4.78, 5) is 39.4. The van der Waals surface area contributed by atoms with Gasteiger partial charge in [0.25, 0.3) is 0 Å². The van der Waals surface area contributed by atoms with Gasteiger partial charge in [-0.25, -0.2) is 0 Å². The molecule has 0 unspecified atom stereocenters. The van der Waals surface area contributed by atoms with Gasteiger partial charge in [-0.3, -0.25) is 14.4 Å². The first-order valence-electron chi connectivity index (χ1n) is 6.18. The van der Waals surface area contributed by atoms with E-state index in [1.807, 2.05) is 0 Å². The van der Waals surface area contributed by atoms with Crippen molar-refractivity contribution in [1.29, 1.82) is 0 Å². The monoisotopic (exact) mass is 255 g/mol. The van der Waals surface area contributed by atoms with Gasteiger partial charge >= 0.3 is 0 Å². The summed E-state index contributed by atoms with van der Waals surface area (Å²) in [5.74, 6) is -0.0725. The molecule has 6 nitrogen and oxygen atoms in total. The van der Waals surface area contributed by atoms with Gasteiger partial charge in [0.2, 0.25) is 17.7 Å². The van der Waals surface area contributed by atoms with E-state index in [9.17, 15) is 14.4 Å². The lowest BCUT2D eigenvalue weighted by atomic mass is 10.4. The molecule has 0 radical (unpaired) electrons. The van der Waals surface area contributed by atoms with Gasteiger partial charge in [0.15, 0.2) is 0 Å². The second-order valence-electron chi connectivity index (χ2n) is 4.52. The lowest BCUT2D eigenvalue weighted by Gasteiger charge is -2.24. The van der Waals surface area contributed by atoms with Crippen LogP contribution in [0, 0.1) is 0 Å². The molecule has 0 aromatic heterocycles. The van der Waals surface area contributed by atoms with Crippen LogP contribution in [0.5, 0.6) is 0 Å². The van der Waals surface area contributed by atoms with Crippen LogP contribution >= 0.6 is 0 Å². The molecular formula is C12H21N3O3. The molecule has 102 valence electrons. The number of rotatable bonds is 0. The summed E-state index contributed by atoms with van der Waals surface area (Å²) in [5.41, 5.74) is 0. The van der Waals surface area contributed by atoms with Gasteiger partial charge in [0, 0.05) is 60.0 Å². The molecule has 1 aliphatic rings. The Hall–Kier alpha value is -1.59. The Balaban J connectivity index is 2.77. The van der Waals surface area contributed by atoms with Gasteiger partial charge in [-0.05, 0) is 0 Å². The lowest BCUT2D eigenvalue weighted by molar-refractivity contribution is -0.132. The van der Waals surface area contributed by atoms with E-state index in [2.05, 4.69) is 0 Å². The van der Waals surface area contributed by atoms with E-state index >= 15 is 0 Å². The van der Waals surface area contributed by atoms with E-state index in [-0.39, 0.29) is 17.7 Å². The molecule has 0 aromatic carbocycles. The van der Waals surface area contributed by atoms with Crippen molar-refractivity contribution < 1.29 is 14.4 Å². The second-order valence-corrected chi connectivity index (χ2v) is 4.52. The van der Waals surface area contributed by atoms with Gasteiger partial charge in [0.05, 0.1) is 0 Å². The number of hydrogen-bond acceptors (Lipinski definition) is 3. The van der Waals surface area contributed by atoms with Gasteiger partial charge in [0.1, 0.15) is 0 Å². The average molecular weight is 255 g/mol. The molecule has 1 aliphatic heterocycles. The number of hydrogen-bond donors (Lipinski definition) is 0. The molecular weight excluding hydrogens is 234 g/mol. The molecule has 0 N–H and O–H groups in total. The molecule has 18 heavy (non-hydrogen) atoms. The Bertz CT molecular complexity index is 279. The van der Waals surface area contributed by atoms with Crippen molar-refractivity contribution in [3.8, 4) is 0 Å². The maximum atomic E-state index is 11.4. The highest BCUT2D eigenvalue weighted by Crippen LogP contribution is 2.01. The molecule has 0 saturated carbocycles. The largest absolute Gasteiger partial charge is 0.339 e. The standard InChI is InChI=1S/C12H21N3O3/c1-10(16)13-4-6-14(11(2)17)8-9-15(7-5-13)12(3)18/h4-9H2,1-3H3. The minimum absolute atomic E-state index is 0.0242. The minimum atomic E-state index is -0.0242. The number of nitrogens with zero attached hydrogens (tertiary/aromatic N) is 3. The van der Waals surface area contributed by atoms with Crippen molar-refractivity contribution in [3.63, 3.8) is 0 Å². The molecule has 1 rings (SSSR count). The highest BCUT2D eigenvalue weighted by Gasteiger charge is 2.19. The van der Waals surface area contributed by atoms with Crippen molar-refractivity contribution in [2.75, 3.05) is 39.3 Å². The van der Waals surface area contributed by atoms with Gasteiger partial charge in [-0.15, -0.1) is 0 Å². The van der Waals surface area contributed by atoms with E-state index in [0.29, 0.717) is 39.3 Å². The quantitative estimate of drug-likeness (QED) is 0.589. The molecule has 0 spiro atoms. The Labute approximate surface area is 108 Å². The predicted octanol–water partition coefficient (Wildman–Crippen LogP) is -0.454. The highest BCUT2D eigenvalue weighted by atomic mass is 16.2. The zero-order chi connectivity index (χ0) is 13.7. The molecule has 0 bridgehead atoms. The molecule has 1 fully saturated rings. The van der Waals surface area contributed by atoms with Crippen molar-refractivity contribution in [2.45, 2.75) is 20.8 Å². The second kappa shape index (κ2) is 6.37. The first-order valence-corrected chi connectivity index (χ1v) is 6.18. The maximum Gasteiger partial charge on any atom is 0.219 e. The highest BCUT2D eigenvalue weighted by molar-refractivity contribution is 5.75. The molecule has 3 amide bonds. The topological polar surface area (TPSA) is 60.9 Å². The summed E-state index contributed by atoms with van der Waals surface area (Å²) in [6.45, 7) is 7.69. The third kappa shape index (κ3) is 4.01. The summed E-state index contributed by atoms with van der Waals surface area (Å²) < 4.78 is 0. The van der Waals surface area contributed by atoms with E-state index < -0.39 is 0 Å². The van der Waals surface area contributed by atoms with Crippen LogP contribution in [0.4, 0.5) is 0 Å². The van der Waals surface area contributed by atoms with Crippen LogP contribution in [0.25, 0.3) is 0 Å². The van der Waals surface area contributed by atoms with E-state index in [1.165, 1.54) is 20.8 Å². The average Bonchev–Trinajstić information content (AvgIpc) is 2.37. The number of carbonyl (C=O) groups is 3. The van der Waals surface area contributed by atoms with Crippen molar-refractivity contribution in [2.24, 2.45) is 0 Å². The van der Waals surface area contributed by atoms with Crippen LogP contribution in [-0.4, -0.2) is 71.7 Å². The molecule has 6 heteroatoms. The SMILES string of the molecule is CC(=O)N1CCN(C(C)=O)CCN(C(C)=O)CC1. The smallest absolute Gasteiger partial charge is 0.219 e. The van der Waals surface area contributed by atoms with E-state index in [4.69, 9.17) is 0 Å². The fraction of sp³-hybridized carbons (Fsp3) is 0.750. The molecule has 1 saturated heterocycles. The van der Waals surface area contributed by atoms with Gasteiger partial charge < -0.3 is 14.7 Å². The van der Waals surface area contributed by atoms with Crippen LogP contribution in [0.3, 0.4) is 0 Å². The van der Waals surface area contributed by atoms with Crippen molar-refractivity contribution in [1.82, 2.24) is 14.7 Å². The predicted molar refractivity (Wildman–Crippen MR) is 66.8 cm³/mol. The van der Waals surface area contributed by atoms with Gasteiger partial charge in [-0.1, -0.05) is 0 Å². The van der Waals surface area contributed by atoms with Crippen molar-refractivity contribution in [3.05, 3.63) is 0 Å². The Morgan fingerprint density at radius 3 is 0.833 bits per heavy atom. The summed E-state index contributed by atoms with van der Waals surface area (Å²) in [6.07, 6.45) is 0. The van der Waals surface area contributed by atoms with Crippen LogP contribution in [-0.2, 0) is 14.4 Å². The third-order valence-electron chi connectivity index (χ3n) is 3.26. The Kier molecular flexibility index (Phi) is 5.12. The zero-order valence-corrected chi connectivity index (χ0v) is 11.3. The summed E-state index contributed by atoms with van der Waals surface area (Å²) in [7, 11) is 0. The van der Waals surface area contributed by atoms with E-state index in [0.717, 1.165) is 0 Å². The number of carbonyl (C=O) groups excluding carboxylic acids is 3. The Morgan fingerprint density at radius 2 is 0.722 bits per heavy atom. The molecule has 0 atom stereocenters. The van der Waals surface area contributed by atoms with Crippen LogP contribution in [0.1, 0.15) is 20.8 Å². The lowest BCUT2D eigenvalue weighted by Crippen LogP contribution is -2.40. The van der Waals surface area contributed by atoms with Gasteiger partial charge in [-0.2, -0.15) is 0 Å². The molecule has 0 aromatic rings. The fourth-order valence-electron chi connectivity index (χ4n) is 2.00. The maximum absolute atomic E-state index is 11.4. The van der Waals surface area contributed by atoms with Crippen LogP contribution in [0.2, 0.25) is 0 Å². The summed E-state index contributed by atoms with van der Waals surface area (Å²) in [5, 5.41) is 0. The minimum Gasteiger partial charge on any atom is -0.339 e. The fourth-order valence-corrected chi connectivity index (χ4v) is 2.00. The first-order chi connectivity index (χ1) is 8.41. The normalized spacial score (nSPS) is 17.8. The third-order valence-corrected chi connectivity index (χ3v) is 3.26.